The summed E-state index contributed by atoms with van der Waals surface area (Å²) in [6.45, 7) is 0.236. The van der Waals surface area contributed by atoms with Gasteiger partial charge in [-0.3, -0.25) is 0 Å². The standard InChI is InChI=1S/C14H18ClFN2O2S/c15-12-8-11(17)9-13(14(12)16)21(19,20)18-7-6-10-4-2-1-3-5-10/h4,8-9,18H,1-3,5-7,17H2. The number of nitrogens with one attached hydrogen (secondary N) is 1. The fourth-order valence-corrected chi connectivity index (χ4v) is 3.78. The Morgan fingerprint density at radius 1 is 1.33 bits per heavy atom. The van der Waals surface area contributed by atoms with Crippen molar-refractivity contribution in [2.45, 2.75) is 37.0 Å². The van der Waals surface area contributed by atoms with E-state index in [1.54, 1.807) is 0 Å². The van der Waals surface area contributed by atoms with Crippen molar-refractivity contribution < 1.29 is 12.8 Å². The van der Waals surface area contributed by atoms with Gasteiger partial charge in [0.25, 0.3) is 0 Å². The first-order valence-corrected chi connectivity index (χ1v) is 8.68. The number of rotatable bonds is 5. The molecular weight excluding hydrogens is 315 g/mol. The van der Waals surface area contributed by atoms with Gasteiger partial charge < -0.3 is 5.73 Å². The van der Waals surface area contributed by atoms with Crippen LogP contribution in [0.15, 0.2) is 28.7 Å². The third kappa shape index (κ3) is 4.18. The topological polar surface area (TPSA) is 72.2 Å². The first-order valence-electron chi connectivity index (χ1n) is 6.82. The summed E-state index contributed by atoms with van der Waals surface area (Å²) in [5.74, 6) is -0.977. The molecule has 0 heterocycles. The normalized spacial score (nSPS) is 15.8. The van der Waals surface area contributed by atoms with Crippen LogP contribution in [0.5, 0.6) is 0 Å². The molecule has 1 aliphatic carbocycles. The van der Waals surface area contributed by atoms with Crippen molar-refractivity contribution >= 4 is 27.3 Å². The van der Waals surface area contributed by atoms with Crippen LogP contribution in [-0.2, 0) is 10.0 Å². The Hall–Kier alpha value is -1.11. The molecule has 2 rings (SSSR count). The van der Waals surface area contributed by atoms with Crippen molar-refractivity contribution in [1.82, 2.24) is 4.72 Å². The van der Waals surface area contributed by atoms with Gasteiger partial charge in [0, 0.05) is 12.2 Å². The van der Waals surface area contributed by atoms with Crippen molar-refractivity contribution in [3.8, 4) is 0 Å². The maximum Gasteiger partial charge on any atom is 0.243 e. The monoisotopic (exact) mass is 332 g/mol. The van der Waals surface area contributed by atoms with Crippen molar-refractivity contribution in [2.75, 3.05) is 12.3 Å². The van der Waals surface area contributed by atoms with Crippen LogP contribution >= 0.6 is 11.6 Å². The second-order valence-electron chi connectivity index (χ2n) is 5.07. The smallest absolute Gasteiger partial charge is 0.243 e. The van der Waals surface area contributed by atoms with Gasteiger partial charge in [-0.1, -0.05) is 23.3 Å². The summed E-state index contributed by atoms with van der Waals surface area (Å²) in [5, 5.41) is -0.301. The van der Waals surface area contributed by atoms with E-state index in [2.05, 4.69) is 10.8 Å². The molecule has 0 aliphatic heterocycles. The Morgan fingerprint density at radius 3 is 2.76 bits per heavy atom. The van der Waals surface area contributed by atoms with Crippen molar-refractivity contribution in [3.63, 3.8) is 0 Å². The van der Waals surface area contributed by atoms with Crippen molar-refractivity contribution in [3.05, 3.63) is 34.6 Å². The summed E-state index contributed by atoms with van der Waals surface area (Å²) in [4.78, 5) is -0.509. The molecule has 116 valence electrons. The van der Waals surface area contributed by atoms with E-state index < -0.39 is 20.7 Å². The molecule has 0 saturated heterocycles. The van der Waals surface area contributed by atoms with Crippen LogP contribution in [0, 0.1) is 5.82 Å². The van der Waals surface area contributed by atoms with E-state index >= 15 is 0 Å². The summed E-state index contributed by atoms with van der Waals surface area (Å²) in [5.41, 5.74) is 6.87. The first-order chi connectivity index (χ1) is 9.90. The first kappa shape index (κ1) is 16.3. The van der Waals surface area contributed by atoms with E-state index in [1.165, 1.54) is 18.1 Å². The van der Waals surface area contributed by atoms with Gasteiger partial charge in [-0.15, -0.1) is 0 Å². The highest BCUT2D eigenvalue weighted by Crippen LogP contribution is 2.26. The minimum Gasteiger partial charge on any atom is -0.399 e. The van der Waals surface area contributed by atoms with Crippen LogP contribution in [0.2, 0.25) is 5.02 Å². The lowest BCUT2D eigenvalue weighted by Crippen LogP contribution is -2.26. The van der Waals surface area contributed by atoms with E-state index in [9.17, 15) is 12.8 Å². The van der Waals surface area contributed by atoms with Crippen LogP contribution in [0.3, 0.4) is 0 Å². The SMILES string of the molecule is Nc1cc(Cl)c(F)c(S(=O)(=O)NCCC2=CCCCC2)c1. The Bertz CT molecular complexity index is 659. The summed E-state index contributed by atoms with van der Waals surface area (Å²) >= 11 is 5.62. The Morgan fingerprint density at radius 2 is 2.10 bits per heavy atom. The van der Waals surface area contributed by atoms with Gasteiger partial charge in [0.1, 0.15) is 4.90 Å². The number of allylic oxidation sites excluding steroid dienone is 1. The third-order valence-electron chi connectivity index (χ3n) is 3.43. The lowest BCUT2D eigenvalue weighted by atomic mass is 9.97. The maximum atomic E-state index is 13.8. The van der Waals surface area contributed by atoms with E-state index in [1.807, 2.05) is 0 Å². The molecule has 0 amide bonds. The molecule has 0 radical (unpaired) electrons. The molecule has 0 spiro atoms. The molecule has 0 saturated carbocycles. The Labute approximate surface area is 129 Å². The van der Waals surface area contributed by atoms with Crippen LogP contribution < -0.4 is 10.5 Å². The average Bonchev–Trinajstić information content (AvgIpc) is 2.43. The van der Waals surface area contributed by atoms with Crippen LogP contribution in [0.4, 0.5) is 10.1 Å². The van der Waals surface area contributed by atoms with Crippen LogP contribution in [-0.4, -0.2) is 15.0 Å². The number of nitrogens with two attached hydrogens (primary N) is 1. The largest absolute Gasteiger partial charge is 0.399 e. The lowest BCUT2D eigenvalue weighted by Gasteiger charge is -2.13. The second kappa shape index (κ2) is 6.77. The summed E-state index contributed by atoms with van der Waals surface area (Å²) in [6, 6.07) is 2.26. The van der Waals surface area contributed by atoms with E-state index in [0.717, 1.165) is 25.3 Å². The van der Waals surface area contributed by atoms with E-state index in [-0.39, 0.29) is 17.3 Å². The average molecular weight is 333 g/mol. The zero-order valence-electron chi connectivity index (χ0n) is 11.5. The maximum absolute atomic E-state index is 13.8. The molecule has 4 nitrogen and oxygen atoms in total. The number of anilines is 1. The predicted molar refractivity (Wildman–Crippen MR) is 82.2 cm³/mol. The molecule has 0 fully saturated rings. The van der Waals surface area contributed by atoms with Gasteiger partial charge in [0.05, 0.1) is 5.02 Å². The second-order valence-corrected chi connectivity index (χ2v) is 7.21. The van der Waals surface area contributed by atoms with Crippen LogP contribution in [0.1, 0.15) is 32.1 Å². The lowest BCUT2D eigenvalue weighted by molar-refractivity contribution is 0.556. The molecule has 1 aliphatic rings. The highest BCUT2D eigenvalue weighted by Gasteiger charge is 2.21. The molecule has 0 aromatic heterocycles. The number of benzene rings is 1. The predicted octanol–water partition coefficient (Wildman–Crippen LogP) is 3.23. The van der Waals surface area contributed by atoms with Crippen LogP contribution in [0.25, 0.3) is 0 Å². The van der Waals surface area contributed by atoms with Gasteiger partial charge in [0.2, 0.25) is 10.0 Å². The molecule has 1 aromatic carbocycles. The van der Waals surface area contributed by atoms with E-state index in [0.29, 0.717) is 6.42 Å². The number of hydrogen-bond donors (Lipinski definition) is 2. The highest BCUT2D eigenvalue weighted by atomic mass is 35.5. The van der Waals surface area contributed by atoms with Gasteiger partial charge in [-0.2, -0.15) is 0 Å². The molecule has 21 heavy (non-hydrogen) atoms. The van der Waals surface area contributed by atoms with Crippen molar-refractivity contribution in [2.24, 2.45) is 0 Å². The number of nitrogen functional groups attached to an aromatic ring is 1. The highest BCUT2D eigenvalue weighted by molar-refractivity contribution is 7.89. The summed E-state index contributed by atoms with van der Waals surface area (Å²) in [6.07, 6.45) is 7.15. The third-order valence-corrected chi connectivity index (χ3v) is 5.17. The summed E-state index contributed by atoms with van der Waals surface area (Å²) < 4.78 is 40.5. The minimum atomic E-state index is -3.95. The molecular formula is C14H18ClFN2O2S. The zero-order valence-corrected chi connectivity index (χ0v) is 13.1. The van der Waals surface area contributed by atoms with Gasteiger partial charge in [-0.25, -0.2) is 17.5 Å². The summed E-state index contributed by atoms with van der Waals surface area (Å²) in [7, 11) is -3.95. The van der Waals surface area contributed by atoms with Gasteiger partial charge in [0.15, 0.2) is 5.82 Å². The van der Waals surface area contributed by atoms with Gasteiger partial charge in [-0.05, 0) is 44.2 Å². The van der Waals surface area contributed by atoms with E-state index in [4.69, 9.17) is 17.3 Å². The molecule has 0 unspecified atom stereocenters. The Balaban J connectivity index is 2.06. The van der Waals surface area contributed by atoms with Crippen molar-refractivity contribution in [1.29, 1.82) is 0 Å². The Kier molecular flexibility index (Phi) is 5.24. The van der Waals surface area contributed by atoms with Gasteiger partial charge >= 0.3 is 0 Å². The fraction of sp³-hybridized carbons (Fsp3) is 0.429. The molecule has 3 N–H and O–H groups in total. The molecule has 0 atom stereocenters. The number of sulfonamides is 1. The number of halogens is 2. The number of hydrogen-bond acceptors (Lipinski definition) is 3. The minimum absolute atomic E-state index is 0.108. The molecule has 0 bridgehead atoms. The fourth-order valence-electron chi connectivity index (χ4n) is 2.33. The molecule has 7 heteroatoms. The molecule has 1 aromatic rings. The quantitative estimate of drug-likeness (QED) is 0.642. The zero-order chi connectivity index (χ0) is 15.5.